The SMILES string of the molecule is CC(C)(C)OC(=O)NCC(=O)NCC1CCN(C(=O)c2ccc(F)c(F)c2F)CC1. The highest BCUT2D eigenvalue weighted by Crippen LogP contribution is 2.21. The van der Waals surface area contributed by atoms with E-state index in [1.807, 2.05) is 0 Å². The second-order valence-corrected chi connectivity index (χ2v) is 8.12. The van der Waals surface area contributed by atoms with E-state index in [2.05, 4.69) is 10.6 Å². The van der Waals surface area contributed by atoms with Crippen LogP contribution in [0.1, 0.15) is 44.0 Å². The van der Waals surface area contributed by atoms with Crippen molar-refractivity contribution in [1.29, 1.82) is 0 Å². The number of carbonyl (C=O) groups excluding carboxylic acids is 3. The lowest BCUT2D eigenvalue weighted by molar-refractivity contribution is -0.120. The number of rotatable bonds is 5. The first-order valence-corrected chi connectivity index (χ1v) is 9.64. The summed E-state index contributed by atoms with van der Waals surface area (Å²) in [6, 6.07) is 1.65. The highest BCUT2D eigenvalue weighted by molar-refractivity contribution is 5.94. The van der Waals surface area contributed by atoms with Crippen LogP contribution in [0.15, 0.2) is 12.1 Å². The van der Waals surface area contributed by atoms with Gasteiger partial charge >= 0.3 is 6.09 Å². The van der Waals surface area contributed by atoms with Crippen molar-refractivity contribution in [3.8, 4) is 0 Å². The number of hydrogen-bond acceptors (Lipinski definition) is 4. The summed E-state index contributed by atoms with van der Waals surface area (Å²) < 4.78 is 45.3. The summed E-state index contributed by atoms with van der Waals surface area (Å²) in [6.07, 6.45) is 0.419. The van der Waals surface area contributed by atoms with E-state index in [1.54, 1.807) is 20.8 Å². The maximum Gasteiger partial charge on any atom is 0.408 e. The number of likely N-dealkylation sites (tertiary alicyclic amines) is 1. The van der Waals surface area contributed by atoms with Crippen LogP contribution in [0.5, 0.6) is 0 Å². The van der Waals surface area contributed by atoms with Gasteiger partial charge in [0.25, 0.3) is 5.91 Å². The van der Waals surface area contributed by atoms with E-state index >= 15 is 0 Å². The third-order valence-corrected chi connectivity index (χ3v) is 4.55. The van der Waals surface area contributed by atoms with Crippen molar-refractivity contribution < 1.29 is 32.3 Å². The van der Waals surface area contributed by atoms with Gasteiger partial charge in [-0.3, -0.25) is 9.59 Å². The Balaban J connectivity index is 1.74. The molecule has 1 aromatic carbocycles. The molecule has 7 nitrogen and oxygen atoms in total. The third kappa shape index (κ3) is 6.64. The zero-order valence-electron chi connectivity index (χ0n) is 17.2. The number of hydrogen-bond donors (Lipinski definition) is 2. The fourth-order valence-corrected chi connectivity index (χ4v) is 2.99. The highest BCUT2D eigenvalue weighted by atomic mass is 19.2. The molecule has 0 saturated carbocycles. The topological polar surface area (TPSA) is 87.7 Å². The number of nitrogens with one attached hydrogen (secondary N) is 2. The molecule has 0 spiro atoms. The van der Waals surface area contributed by atoms with Crippen LogP contribution in [-0.2, 0) is 9.53 Å². The molecule has 0 aromatic heterocycles. The van der Waals surface area contributed by atoms with Crippen molar-refractivity contribution >= 4 is 17.9 Å². The molecule has 1 aliphatic heterocycles. The summed E-state index contributed by atoms with van der Waals surface area (Å²) in [5.74, 6) is -5.49. The van der Waals surface area contributed by atoms with Gasteiger partial charge in [0.05, 0.1) is 12.1 Å². The lowest BCUT2D eigenvalue weighted by Gasteiger charge is -2.32. The smallest absolute Gasteiger partial charge is 0.408 e. The summed E-state index contributed by atoms with van der Waals surface area (Å²) in [7, 11) is 0. The minimum absolute atomic E-state index is 0.0920. The Labute approximate surface area is 172 Å². The lowest BCUT2D eigenvalue weighted by Crippen LogP contribution is -2.44. The molecule has 3 amide bonds. The second kappa shape index (κ2) is 9.82. The monoisotopic (exact) mass is 429 g/mol. The van der Waals surface area contributed by atoms with Crippen molar-refractivity contribution in [3.05, 3.63) is 35.1 Å². The number of ether oxygens (including phenoxy) is 1. The summed E-state index contributed by atoms with van der Waals surface area (Å²) in [5, 5.41) is 5.07. The Morgan fingerprint density at radius 2 is 1.70 bits per heavy atom. The number of nitrogens with zero attached hydrogens (tertiary/aromatic N) is 1. The van der Waals surface area contributed by atoms with E-state index in [-0.39, 0.29) is 18.4 Å². The van der Waals surface area contributed by atoms with Crippen LogP contribution < -0.4 is 10.6 Å². The molecular weight excluding hydrogens is 403 g/mol. The molecule has 1 saturated heterocycles. The molecule has 1 aromatic rings. The van der Waals surface area contributed by atoms with Crippen molar-refractivity contribution in [2.75, 3.05) is 26.2 Å². The molecular formula is C20H26F3N3O4. The van der Waals surface area contributed by atoms with Gasteiger partial charge in [-0.2, -0.15) is 0 Å². The van der Waals surface area contributed by atoms with E-state index in [1.165, 1.54) is 4.90 Å². The summed E-state index contributed by atoms with van der Waals surface area (Å²) in [4.78, 5) is 37.1. The van der Waals surface area contributed by atoms with Crippen LogP contribution in [0.3, 0.4) is 0 Å². The minimum Gasteiger partial charge on any atom is -0.444 e. The van der Waals surface area contributed by atoms with Gasteiger partial charge in [0.15, 0.2) is 17.5 Å². The molecule has 0 bridgehead atoms. The van der Waals surface area contributed by atoms with Gasteiger partial charge in [-0.1, -0.05) is 0 Å². The maximum atomic E-state index is 13.8. The van der Waals surface area contributed by atoms with Crippen molar-refractivity contribution in [2.45, 2.75) is 39.2 Å². The zero-order chi connectivity index (χ0) is 22.5. The number of halogens is 3. The number of carbonyl (C=O) groups is 3. The molecule has 10 heteroatoms. The molecule has 1 aliphatic rings. The number of alkyl carbamates (subject to hydrolysis) is 1. The van der Waals surface area contributed by atoms with Gasteiger partial charge in [-0.05, 0) is 51.7 Å². The van der Waals surface area contributed by atoms with Gasteiger partial charge in [0, 0.05) is 19.6 Å². The van der Waals surface area contributed by atoms with Crippen LogP contribution >= 0.6 is 0 Å². The van der Waals surface area contributed by atoms with E-state index in [4.69, 9.17) is 4.74 Å². The van der Waals surface area contributed by atoms with Gasteiger partial charge < -0.3 is 20.3 Å². The first-order chi connectivity index (χ1) is 14.0. The van der Waals surface area contributed by atoms with Gasteiger partial charge in [-0.25, -0.2) is 18.0 Å². The molecule has 0 aliphatic carbocycles. The van der Waals surface area contributed by atoms with E-state index < -0.39 is 40.6 Å². The predicted molar refractivity (Wildman–Crippen MR) is 102 cm³/mol. The second-order valence-electron chi connectivity index (χ2n) is 8.12. The molecule has 0 unspecified atom stereocenters. The number of piperidine rings is 1. The molecule has 1 heterocycles. The quantitative estimate of drug-likeness (QED) is 0.705. The highest BCUT2D eigenvalue weighted by Gasteiger charge is 2.27. The first kappa shape index (κ1) is 23.5. The largest absolute Gasteiger partial charge is 0.444 e. The van der Waals surface area contributed by atoms with Crippen LogP contribution in [0, 0.1) is 23.4 Å². The van der Waals surface area contributed by atoms with Crippen molar-refractivity contribution in [3.63, 3.8) is 0 Å². The van der Waals surface area contributed by atoms with Crippen LogP contribution in [0.2, 0.25) is 0 Å². The van der Waals surface area contributed by atoms with E-state index in [0.717, 1.165) is 12.1 Å². The Morgan fingerprint density at radius 3 is 2.30 bits per heavy atom. The molecule has 2 N–H and O–H groups in total. The third-order valence-electron chi connectivity index (χ3n) is 4.55. The Bertz CT molecular complexity index is 803. The fourth-order valence-electron chi connectivity index (χ4n) is 2.99. The molecule has 166 valence electrons. The molecule has 0 radical (unpaired) electrons. The normalized spacial score (nSPS) is 14.9. The van der Waals surface area contributed by atoms with Crippen LogP contribution in [-0.4, -0.2) is 54.6 Å². The van der Waals surface area contributed by atoms with Crippen LogP contribution in [0.25, 0.3) is 0 Å². The van der Waals surface area contributed by atoms with Crippen molar-refractivity contribution in [2.24, 2.45) is 5.92 Å². The summed E-state index contributed by atoms with van der Waals surface area (Å²) >= 11 is 0. The number of amides is 3. The molecule has 1 fully saturated rings. The van der Waals surface area contributed by atoms with E-state index in [0.29, 0.717) is 32.5 Å². The van der Waals surface area contributed by atoms with Crippen molar-refractivity contribution in [1.82, 2.24) is 15.5 Å². The fraction of sp³-hybridized carbons (Fsp3) is 0.550. The van der Waals surface area contributed by atoms with Crippen LogP contribution in [0.4, 0.5) is 18.0 Å². The number of benzene rings is 1. The Kier molecular flexibility index (Phi) is 7.69. The summed E-state index contributed by atoms with van der Waals surface area (Å²) in [6.45, 7) is 5.88. The maximum absolute atomic E-state index is 13.8. The molecule has 0 atom stereocenters. The van der Waals surface area contributed by atoms with Gasteiger partial charge in [-0.15, -0.1) is 0 Å². The standard InChI is InChI=1S/C20H26F3N3O4/c1-20(2,3)30-19(29)25-11-15(27)24-10-12-6-8-26(9-7-12)18(28)13-4-5-14(21)17(23)16(13)22/h4-5,12H,6-11H2,1-3H3,(H,24,27)(H,25,29). The minimum atomic E-state index is -1.67. The molecule has 30 heavy (non-hydrogen) atoms. The van der Waals surface area contributed by atoms with Gasteiger partial charge in [0.1, 0.15) is 5.60 Å². The van der Waals surface area contributed by atoms with E-state index in [9.17, 15) is 27.6 Å². The lowest BCUT2D eigenvalue weighted by atomic mass is 9.96. The molecule has 2 rings (SSSR count). The average molecular weight is 429 g/mol. The Hall–Kier alpha value is -2.78. The summed E-state index contributed by atoms with van der Waals surface area (Å²) in [5.41, 5.74) is -1.16. The Morgan fingerprint density at radius 1 is 1.07 bits per heavy atom. The first-order valence-electron chi connectivity index (χ1n) is 9.64. The average Bonchev–Trinajstić information content (AvgIpc) is 2.67. The zero-order valence-corrected chi connectivity index (χ0v) is 17.2. The predicted octanol–water partition coefficient (Wildman–Crippen LogP) is 2.60. The van der Waals surface area contributed by atoms with Gasteiger partial charge in [0.2, 0.25) is 5.91 Å².